The Kier molecular flexibility index (Phi) is 4.19. The van der Waals surface area contributed by atoms with Gasteiger partial charge in [0.05, 0.1) is 6.61 Å². The minimum Gasteiger partial charge on any atom is -0.632 e. The van der Waals surface area contributed by atoms with Crippen LogP contribution in [0.4, 0.5) is 5.69 Å². The predicted molar refractivity (Wildman–Crippen MR) is 72.7 cm³/mol. The highest BCUT2D eigenvalue weighted by molar-refractivity contribution is 5.43. The van der Waals surface area contributed by atoms with Crippen LogP contribution in [-0.2, 0) is 0 Å². The lowest BCUT2D eigenvalue weighted by Crippen LogP contribution is -2.64. The summed E-state index contributed by atoms with van der Waals surface area (Å²) >= 11 is 0. The van der Waals surface area contributed by atoms with Gasteiger partial charge in [0.2, 0.25) is 0 Å². The van der Waals surface area contributed by atoms with Gasteiger partial charge in [-0.25, -0.2) is 0 Å². The number of hydrogen-bond donors (Lipinski definition) is 2. The van der Waals surface area contributed by atoms with E-state index in [2.05, 4.69) is 0 Å². The molecule has 1 aromatic rings. The first-order valence-electron chi connectivity index (χ1n) is 6.47. The third-order valence-corrected chi connectivity index (χ3v) is 3.72. The van der Waals surface area contributed by atoms with Crippen molar-refractivity contribution in [2.24, 2.45) is 0 Å². The summed E-state index contributed by atoms with van der Waals surface area (Å²) < 4.78 is -1.09. The van der Waals surface area contributed by atoms with Gasteiger partial charge in [-0.2, -0.15) is 0 Å². The van der Waals surface area contributed by atoms with E-state index >= 15 is 0 Å². The van der Waals surface area contributed by atoms with Gasteiger partial charge in [-0.1, -0.05) is 18.2 Å². The monoisotopic (exact) mass is 268 g/mol. The fourth-order valence-corrected chi connectivity index (χ4v) is 2.49. The molecule has 0 amide bonds. The molecule has 19 heavy (non-hydrogen) atoms. The molecule has 1 aliphatic rings. The summed E-state index contributed by atoms with van der Waals surface area (Å²) in [6.45, 7) is 0.256. The Hall–Kier alpha value is -1.02. The van der Waals surface area contributed by atoms with Gasteiger partial charge >= 0.3 is 0 Å². The average Bonchev–Trinajstić information content (AvgIpc) is 2.43. The van der Waals surface area contributed by atoms with Crippen LogP contribution >= 0.6 is 0 Å². The summed E-state index contributed by atoms with van der Waals surface area (Å²) in [5, 5.41) is 43.1. The number of hydrogen-bond acceptors (Lipinski definition) is 4. The first-order chi connectivity index (χ1) is 8.97. The Morgan fingerprint density at radius 1 is 1.05 bits per heavy atom. The SMILES string of the molecule is [O-][N+]1(CC(O)CO)CC[N+]([O-])(c2ccccc2)CC1. The van der Waals surface area contributed by atoms with Crippen LogP contribution < -0.4 is 4.65 Å². The standard InChI is InChI=1S/C13H20N2O4/c16-11-13(17)10-14(18)6-8-15(19,9-7-14)12-4-2-1-3-5-12/h1-5,13,16-17H,6-11H2. The second kappa shape index (κ2) is 5.54. The summed E-state index contributed by atoms with van der Waals surface area (Å²) in [6, 6.07) is 9.04. The molecule has 0 spiro atoms. The van der Waals surface area contributed by atoms with Gasteiger partial charge in [-0.15, -0.1) is 0 Å². The molecule has 1 atom stereocenters. The maximum Gasteiger partial charge on any atom is 0.133 e. The van der Waals surface area contributed by atoms with E-state index in [1.54, 1.807) is 12.1 Å². The van der Waals surface area contributed by atoms with E-state index in [1.807, 2.05) is 18.2 Å². The van der Waals surface area contributed by atoms with Crippen molar-refractivity contribution >= 4 is 5.69 Å². The molecule has 1 aromatic carbocycles. The van der Waals surface area contributed by atoms with E-state index in [0.717, 1.165) is 0 Å². The summed E-state index contributed by atoms with van der Waals surface area (Å²) in [6.07, 6.45) is -1.01. The van der Waals surface area contributed by atoms with Gasteiger partial charge in [-0.05, 0) is 12.1 Å². The lowest BCUT2D eigenvalue weighted by Gasteiger charge is -2.54. The molecule has 1 aliphatic heterocycles. The Labute approximate surface area is 112 Å². The molecule has 0 bridgehead atoms. The van der Waals surface area contributed by atoms with Gasteiger partial charge < -0.3 is 29.9 Å². The van der Waals surface area contributed by atoms with Crippen molar-refractivity contribution in [1.29, 1.82) is 0 Å². The predicted octanol–water partition coefficient (Wildman–Crippen LogP) is 0.173. The number of hydroxylamine groups is 5. The highest BCUT2D eigenvalue weighted by atomic mass is 16.6. The Balaban J connectivity index is 2.02. The molecule has 1 saturated heterocycles. The minimum atomic E-state index is -1.01. The van der Waals surface area contributed by atoms with E-state index in [9.17, 15) is 15.5 Å². The number of aliphatic hydroxyl groups excluding tert-OH is 2. The van der Waals surface area contributed by atoms with Crippen LogP contribution in [0, 0.1) is 10.4 Å². The highest BCUT2D eigenvalue weighted by Gasteiger charge is 2.34. The topological polar surface area (TPSA) is 86.6 Å². The summed E-state index contributed by atoms with van der Waals surface area (Å²) in [5.41, 5.74) is 0.663. The smallest absolute Gasteiger partial charge is 0.133 e. The molecular formula is C13H20N2O4. The molecule has 0 radical (unpaired) electrons. The molecule has 2 N–H and O–H groups in total. The highest BCUT2D eigenvalue weighted by Crippen LogP contribution is 2.26. The minimum absolute atomic E-state index is 0.0503. The molecule has 6 heteroatoms. The number of rotatable bonds is 4. The number of piperazine rings is 1. The van der Waals surface area contributed by atoms with Crippen LogP contribution in [0.1, 0.15) is 0 Å². The average molecular weight is 268 g/mol. The first-order valence-corrected chi connectivity index (χ1v) is 6.47. The summed E-state index contributed by atoms with van der Waals surface area (Å²) in [4.78, 5) is 0. The van der Waals surface area contributed by atoms with E-state index < -0.39 is 22.0 Å². The molecule has 0 aromatic heterocycles. The molecule has 0 saturated carbocycles. The lowest BCUT2D eigenvalue weighted by molar-refractivity contribution is -0.887. The largest absolute Gasteiger partial charge is 0.632 e. The molecule has 1 fully saturated rings. The Morgan fingerprint density at radius 3 is 2.16 bits per heavy atom. The van der Waals surface area contributed by atoms with E-state index in [4.69, 9.17) is 5.11 Å². The molecular weight excluding hydrogens is 248 g/mol. The lowest BCUT2D eigenvalue weighted by atomic mass is 10.2. The zero-order chi connectivity index (χ0) is 13.9. The molecule has 2 rings (SSSR count). The third-order valence-electron chi connectivity index (χ3n) is 3.72. The number of aliphatic hydroxyl groups is 2. The second-order valence-corrected chi connectivity index (χ2v) is 5.20. The molecule has 6 nitrogen and oxygen atoms in total. The van der Waals surface area contributed by atoms with Crippen molar-refractivity contribution < 1.29 is 14.9 Å². The van der Waals surface area contributed by atoms with Gasteiger partial charge in [-0.3, -0.25) is 0 Å². The van der Waals surface area contributed by atoms with Crippen molar-refractivity contribution in [3.8, 4) is 0 Å². The maximum atomic E-state index is 12.6. The quantitative estimate of drug-likeness (QED) is 0.602. The number of quaternary nitrogens is 2. The van der Waals surface area contributed by atoms with Crippen molar-refractivity contribution in [1.82, 2.24) is 4.65 Å². The van der Waals surface area contributed by atoms with Gasteiger partial charge in [0, 0.05) is 0 Å². The first kappa shape index (κ1) is 14.4. The van der Waals surface area contributed by atoms with E-state index in [0.29, 0.717) is 5.69 Å². The van der Waals surface area contributed by atoms with Crippen molar-refractivity contribution in [3.63, 3.8) is 0 Å². The van der Waals surface area contributed by atoms with Crippen molar-refractivity contribution in [2.75, 3.05) is 39.3 Å². The maximum absolute atomic E-state index is 12.6. The van der Waals surface area contributed by atoms with Crippen LogP contribution in [0.2, 0.25) is 0 Å². The van der Waals surface area contributed by atoms with E-state index in [-0.39, 0.29) is 32.7 Å². The van der Waals surface area contributed by atoms with Crippen LogP contribution in [0.3, 0.4) is 0 Å². The van der Waals surface area contributed by atoms with Crippen LogP contribution in [0.5, 0.6) is 0 Å². The zero-order valence-corrected chi connectivity index (χ0v) is 10.8. The van der Waals surface area contributed by atoms with E-state index in [1.165, 1.54) is 0 Å². The summed E-state index contributed by atoms with van der Waals surface area (Å²) in [7, 11) is 0. The fraction of sp³-hybridized carbons (Fsp3) is 0.538. The van der Waals surface area contributed by atoms with Gasteiger partial charge in [0.25, 0.3) is 0 Å². The van der Waals surface area contributed by atoms with Gasteiger partial charge in [0.1, 0.15) is 44.5 Å². The Bertz CT molecular complexity index is 404. The summed E-state index contributed by atoms with van der Waals surface area (Å²) in [5.74, 6) is 0. The number of nitrogens with zero attached hydrogens (tertiary/aromatic N) is 2. The van der Waals surface area contributed by atoms with Gasteiger partial charge in [0.15, 0.2) is 0 Å². The molecule has 106 valence electrons. The third kappa shape index (κ3) is 3.30. The van der Waals surface area contributed by atoms with Crippen LogP contribution in [0.25, 0.3) is 0 Å². The molecule has 1 unspecified atom stereocenters. The second-order valence-electron chi connectivity index (χ2n) is 5.20. The zero-order valence-electron chi connectivity index (χ0n) is 10.8. The fourth-order valence-electron chi connectivity index (χ4n) is 2.49. The van der Waals surface area contributed by atoms with Crippen LogP contribution in [-0.4, -0.2) is 60.3 Å². The molecule has 1 heterocycles. The number of benzene rings is 1. The normalized spacial score (nSPS) is 33.1. The number of para-hydroxylation sites is 1. The molecule has 0 aliphatic carbocycles. The van der Waals surface area contributed by atoms with Crippen molar-refractivity contribution in [3.05, 3.63) is 40.7 Å². The van der Waals surface area contributed by atoms with Crippen LogP contribution in [0.15, 0.2) is 30.3 Å². The van der Waals surface area contributed by atoms with Crippen molar-refractivity contribution in [2.45, 2.75) is 6.10 Å². The Morgan fingerprint density at radius 2 is 1.63 bits per heavy atom.